The van der Waals surface area contributed by atoms with E-state index in [1.54, 1.807) is 22.3 Å². The van der Waals surface area contributed by atoms with Gasteiger partial charge in [0.05, 0.1) is 0 Å². The van der Waals surface area contributed by atoms with E-state index in [4.69, 9.17) is 0 Å². The van der Waals surface area contributed by atoms with Crippen molar-refractivity contribution in [3.63, 3.8) is 0 Å². The van der Waals surface area contributed by atoms with Crippen LogP contribution in [0.15, 0.2) is 42.6 Å². The zero-order valence-electron chi connectivity index (χ0n) is 17.0. The van der Waals surface area contributed by atoms with E-state index in [-0.39, 0.29) is 0 Å². The fourth-order valence-corrected chi connectivity index (χ4v) is 4.81. The van der Waals surface area contributed by atoms with Crippen molar-refractivity contribution in [2.75, 3.05) is 13.6 Å². The second kappa shape index (κ2) is 7.90. The first kappa shape index (κ1) is 18.3. The number of H-pyrrole nitrogens is 1. The lowest BCUT2D eigenvalue weighted by atomic mass is 9.85. The smallest absolute Gasteiger partial charge is 0.0456 e. The van der Waals surface area contributed by atoms with Gasteiger partial charge in [0.15, 0.2) is 0 Å². The molecule has 2 heterocycles. The lowest BCUT2D eigenvalue weighted by Gasteiger charge is -2.35. The Balaban J connectivity index is 1.62. The Morgan fingerprint density at radius 1 is 1.04 bits per heavy atom. The van der Waals surface area contributed by atoms with Gasteiger partial charge in [-0.1, -0.05) is 50.6 Å². The summed E-state index contributed by atoms with van der Waals surface area (Å²) >= 11 is 0. The molecular formula is C25H32N2. The number of nitrogens with zero attached hydrogens (tertiary/aromatic N) is 1. The second-order valence-corrected chi connectivity index (χ2v) is 8.07. The van der Waals surface area contributed by atoms with Crippen LogP contribution in [0, 0.1) is 0 Å². The summed E-state index contributed by atoms with van der Waals surface area (Å²) in [6.07, 6.45) is 9.28. The van der Waals surface area contributed by atoms with Crippen LogP contribution in [-0.2, 0) is 25.7 Å². The third-order valence-corrected chi connectivity index (χ3v) is 6.35. The van der Waals surface area contributed by atoms with E-state index in [0.29, 0.717) is 6.04 Å². The van der Waals surface area contributed by atoms with Crippen LogP contribution in [0.5, 0.6) is 0 Å². The molecule has 0 saturated heterocycles. The van der Waals surface area contributed by atoms with E-state index < -0.39 is 0 Å². The van der Waals surface area contributed by atoms with Gasteiger partial charge in [-0.05, 0) is 73.0 Å². The first-order valence-electron chi connectivity index (χ1n) is 10.6. The maximum atomic E-state index is 3.43. The normalized spacial score (nSPS) is 17.4. The fraction of sp³-hybridized carbons (Fsp3) is 0.440. The summed E-state index contributed by atoms with van der Waals surface area (Å²) in [5, 5.41) is 1.38. The first-order chi connectivity index (χ1) is 13.2. The molecule has 0 bridgehead atoms. The quantitative estimate of drug-likeness (QED) is 0.584. The number of hydrogen-bond acceptors (Lipinski definition) is 1. The average Bonchev–Trinajstić information content (AvgIpc) is 3.10. The molecule has 0 aliphatic carbocycles. The van der Waals surface area contributed by atoms with E-state index in [2.05, 4.69) is 73.4 Å². The Kier molecular flexibility index (Phi) is 5.36. The van der Waals surface area contributed by atoms with Crippen LogP contribution >= 0.6 is 0 Å². The molecule has 0 saturated carbocycles. The number of rotatable bonds is 6. The molecule has 1 aliphatic heterocycles. The van der Waals surface area contributed by atoms with Crippen LogP contribution in [0.3, 0.4) is 0 Å². The third kappa shape index (κ3) is 3.55. The summed E-state index contributed by atoms with van der Waals surface area (Å²) in [4.78, 5) is 6.00. The summed E-state index contributed by atoms with van der Waals surface area (Å²) in [5.74, 6) is 0. The van der Waals surface area contributed by atoms with Crippen LogP contribution < -0.4 is 0 Å². The fourth-order valence-electron chi connectivity index (χ4n) is 4.81. The van der Waals surface area contributed by atoms with Gasteiger partial charge in [0.2, 0.25) is 0 Å². The lowest BCUT2D eigenvalue weighted by Crippen LogP contribution is -2.32. The van der Waals surface area contributed by atoms with Gasteiger partial charge in [-0.2, -0.15) is 0 Å². The molecule has 27 heavy (non-hydrogen) atoms. The Morgan fingerprint density at radius 3 is 2.70 bits per heavy atom. The van der Waals surface area contributed by atoms with Crippen LogP contribution in [0.4, 0.5) is 0 Å². The number of likely N-dealkylation sites (N-methyl/N-ethyl adjacent to an activating group) is 1. The van der Waals surface area contributed by atoms with E-state index in [0.717, 1.165) is 12.8 Å². The van der Waals surface area contributed by atoms with E-state index >= 15 is 0 Å². The number of benzene rings is 2. The molecule has 2 heteroatoms. The number of aromatic nitrogens is 1. The average molecular weight is 361 g/mol. The maximum absolute atomic E-state index is 3.43. The minimum absolute atomic E-state index is 0.531. The van der Waals surface area contributed by atoms with Crippen LogP contribution in [-0.4, -0.2) is 23.5 Å². The minimum atomic E-state index is 0.531. The van der Waals surface area contributed by atoms with Gasteiger partial charge in [-0.15, -0.1) is 0 Å². The topological polar surface area (TPSA) is 19.0 Å². The van der Waals surface area contributed by atoms with E-state index in [9.17, 15) is 0 Å². The maximum Gasteiger partial charge on any atom is 0.0456 e. The third-order valence-electron chi connectivity index (χ3n) is 6.35. The molecule has 0 amide bonds. The van der Waals surface area contributed by atoms with Crippen molar-refractivity contribution < 1.29 is 0 Å². The van der Waals surface area contributed by atoms with Crippen LogP contribution in [0.1, 0.15) is 60.5 Å². The number of para-hydroxylation sites is 1. The standard InChI is InChI=1S/C25H32N2/c1-4-8-19-16-23-20(15-18(19)5-2)13-14-27(3)25(23)12-11-21-17-26-24-10-7-6-9-22(21)24/h6-7,9-10,15-17,25-26H,4-5,8,11-14H2,1-3H3. The molecule has 1 aromatic heterocycles. The zero-order chi connectivity index (χ0) is 18.8. The molecule has 4 rings (SSSR count). The summed E-state index contributed by atoms with van der Waals surface area (Å²) in [5.41, 5.74) is 9.02. The SMILES string of the molecule is CCCc1cc2c(cc1CC)CCN(C)C2CCc1c[nH]c2ccccc12. The van der Waals surface area contributed by atoms with Crippen LogP contribution in [0.25, 0.3) is 10.9 Å². The van der Waals surface area contributed by atoms with Crippen LogP contribution in [0.2, 0.25) is 0 Å². The molecule has 1 N–H and O–H groups in total. The van der Waals surface area contributed by atoms with Gasteiger partial charge in [0, 0.05) is 29.7 Å². The number of fused-ring (bicyclic) bond motifs is 2. The largest absolute Gasteiger partial charge is 0.361 e. The Bertz CT molecular complexity index is 921. The zero-order valence-corrected chi connectivity index (χ0v) is 17.0. The lowest BCUT2D eigenvalue weighted by molar-refractivity contribution is 0.219. The van der Waals surface area contributed by atoms with Gasteiger partial charge < -0.3 is 4.98 Å². The van der Waals surface area contributed by atoms with Gasteiger partial charge in [-0.25, -0.2) is 0 Å². The number of aryl methyl sites for hydroxylation is 3. The summed E-state index contributed by atoms with van der Waals surface area (Å²) in [6.45, 7) is 5.76. The first-order valence-corrected chi connectivity index (χ1v) is 10.6. The molecule has 2 aromatic carbocycles. The second-order valence-electron chi connectivity index (χ2n) is 8.07. The molecule has 0 spiro atoms. The monoisotopic (exact) mass is 360 g/mol. The highest BCUT2D eigenvalue weighted by Gasteiger charge is 2.26. The van der Waals surface area contributed by atoms with Crippen molar-refractivity contribution in [3.8, 4) is 0 Å². The molecule has 1 unspecified atom stereocenters. The molecule has 3 aromatic rings. The molecule has 1 atom stereocenters. The number of aromatic amines is 1. The Labute approximate surface area is 163 Å². The van der Waals surface area contributed by atoms with Crippen molar-refractivity contribution in [1.82, 2.24) is 9.88 Å². The predicted octanol–water partition coefficient (Wildman–Crippen LogP) is 5.84. The van der Waals surface area contributed by atoms with Gasteiger partial charge in [0.1, 0.15) is 0 Å². The molecule has 2 nitrogen and oxygen atoms in total. The van der Waals surface area contributed by atoms with Crippen molar-refractivity contribution >= 4 is 10.9 Å². The highest BCUT2D eigenvalue weighted by atomic mass is 15.1. The molecule has 1 aliphatic rings. The van der Waals surface area contributed by atoms with E-state index in [1.807, 2.05) is 0 Å². The van der Waals surface area contributed by atoms with Gasteiger partial charge >= 0.3 is 0 Å². The van der Waals surface area contributed by atoms with Crippen molar-refractivity contribution in [1.29, 1.82) is 0 Å². The van der Waals surface area contributed by atoms with Crippen molar-refractivity contribution in [2.24, 2.45) is 0 Å². The summed E-state index contributed by atoms with van der Waals surface area (Å²) in [6, 6.07) is 14.3. The number of nitrogens with one attached hydrogen (secondary N) is 1. The van der Waals surface area contributed by atoms with Crippen molar-refractivity contribution in [2.45, 2.75) is 58.4 Å². The highest BCUT2D eigenvalue weighted by molar-refractivity contribution is 5.83. The minimum Gasteiger partial charge on any atom is -0.361 e. The van der Waals surface area contributed by atoms with Gasteiger partial charge in [0.25, 0.3) is 0 Å². The van der Waals surface area contributed by atoms with Crippen molar-refractivity contribution in [3.05, 3.63) is 70.4 Å². The Hall–Kier alpha value is -2.06. The van der Waals surface area contributed by atoms with E-state index in [1.165, 1.54) is 48.7 Å². The molecule has 142 valence electrons. The molecule has 0 radical (unpaired) electrons. The summed E-state index contributed by atoms with van der Waals surface area (Å²) in [7, 11) is 2.30. The summed E-state index contributed by atoms with van der Waals surface area (Å²) < 4.78 is 0. The predicted molar refractivity (Wildman–Crippen MR) is 116 cm³/mol. The number of hydrogen-bond donors (Lipinski definition) is 1. The van der Waals surface area contributed by atoms with Gasteiger partial charge in [-0.3, -0.25) is 4.90 Å². The molecule has 0 fully saturated rings. The molecular weight excluding hydrogens is 328 g/mol. The highest BCUT2D eigenvalue weighted by Crippen LogP contribution is 2.35. The Morgan fingerprint density at radius 2 is 1.89 bits per heavy atom.